The van der Waals surface area contributed by atoms with Gasteiger partial charge in [0, 0.05) is 0 Å². The Morgan fingerprint density at radius 2 is 2.00 bits per heavy atom. The highest BCUT2D eigenvalue weighted by molar-refractivity contribution is 5.82. The molecule has 0 aromatic heterocycles. The Labute approximate surface area is 98.0 Å². The summed E-state index contributed by atoms with van der Waals surface area (Å²) in [5.41, 5.74) is -1.01. The van der Waals surface area contributed by atoms with Gasteiger partial charge in [-0.1, -0.05) is 0 Å². The van der Waals surface area contributed by atoms with Crippen LogP contribution in [0, 0.1) is 0 Å². The van der Waals surface area contributed by atoms with Crippen molar-refractivity contribution in [2.45, 2.75) is 37.8 Å². The zero-order valence-electron chi connectivity index (χ0n) is 9.67. The number of amides is 1. The Balaban J connectivity index is 2.96. The molecule has 7 heteroatoms. The van der Waals surface area contributed by atoms with E-state index in [-0.39, 0.29) is 12.8 Å². The number of carbonyl (C=O) groups is 3. The number of carbonyl (C=O) groups excluding carboxylic acids is 1. The molecule has 0 aromatic carbocycles. The molecule has 1 aliphatic rings. The Kier molecular flexibility index (Phi) is 3.59. The van der Waals surface area contributed by atoms with Crippen molar-refractivity contribution >= 4 is 18.0 Å². The molecule has 1 aliphatic heterocycles. The minimum atomic E-state index is -1.33. The first-order chi connectivity index (χ1) is 7.81. The number of aliphatic carboxylic acids is 1. The minimum absolute atomic E-state index is 0.139. The minimum Gasteiger partial charge on any atom is -0.480 e. The fourth-order valence-electron chi connectivity index (χ4n) is 2.23. The molecule has 0 aromatic rings. The maximum Gasteiger partial charge on any atom is 0.408 e. The summed E-state index contributed by atoms with van der Waals surface area (Å²) in [5.74, 6) is -1.74. The van der Waals surface area contributed by atoms with Gasteiger partial charge in [-0.3, -0.25) is 9.69 Å². The largest absolute Gasteiger partial charge is 0.480 e. The van der Waals surface area contributed by atoms with Crippen molar-refractivity contribution in [1.82, 2.24) is 4.90 Å². The number of methoxy groups -OCH3 is 1. The van der Waals surface area contributed by atoms with Gasteiger partial charge >= 0.3 is 18.0 Å². The van der Waals surface area contributed by atoms with Crippen LogP contribution in [0.5, 0.6) is 0 Å². The molecule has 1 saturated heterocycles. The number of hydrogen-bond acceptors (Lipinski definition) is 4. The summed E-state index contributed by atoms with van der Waals surface area (Å²) in [6, 6.07) is -1.10. The topological polar surface area (TPSA) is 104 Å². The van der Waals surface area contributed by atoms with Gasteiger partial charge in [-0.25, -0.2) is 9.59 Å². The molecule has 1 unspecified atom stereocenters. The molecular formula is C10H15NO6. The zero-order chi connectivity index (χ0) is 13.2. The molecular weight excluding hydrogens is 230 g/mol. The van der Waals surface area contributed by atoms with Crippen molar-refractivity contribution in [1.29, 1.82) is 0 Å². The van der Waals surface area contributed by atoms with E-state index < -0.39 is 29.6 Å². The van der Waals surface area contributed by atoms with Crippen LogP contribution in [0.4, 0.5) is 4.79 Å². The maximum atomic E-state index is 11.2. The van der Waals surface area contributed by atoms with Gasteiger partial charge in [0.2, 0.25) is 0 Å². The first-order valence-electron chi connectivity index (χ1n) is 5.13. The van der Waals surface area contributed by atoms with E-state index in [1.54, 1.807) is 6.92 Å². The summed E-state index contributed by atoms with van der Waals surface area (Å²) in [4.78, 5) is 34.1. The van der Waals surface area contributed by atoms with E-state index in [1.165, 1.54) is 7.11 Å². The van der Waals surface area contributed by atoms with Crippen LogP contribution in [0.1, 0.15) is 26.2 Å². The third kappa shape index (κ3) is 2.48. The monoisotopic (exact) mass is 245 g/mol. The van der Waals surface area contributed by atoms with Gasteiger partial charge in [-0.05, 0) is 19.8 Å². The van der Waals surface area contributed by atoms with E-state index in [1.807, 2.05) is 0 Å². The summed E-state index contributed by atoms with van der Waals surface area (Å²) in [6.45, 7) is 1.56. The zero-order valence-corrected chi connectivity index (χ0v) is 9.67. The van der Waals surface area contributed by atoms with E-state index in [0.29, 0.717) is 6.42 Å². The van der Waals surface area contributed by atoms with E-state index in [4.69, 9.17) is 10.2 Å². The number of carboxylic acids is 1. The normalized spacial score (nSPS) is 27.9. The number of rotatable bonds is 3. The molecule has 0 aliphatic carbocycles. The molecule has 0 bridgehead atoms. The number of carboxylic acid groups (broad SMARTS) is 2. The van der Waals surface area contributed by atoms with Crippen molar-refractivity contribution in [3.05, 3.63) is 0 Å². The number of hydrogen-bond donors (Lipinski definition) is 2. The highest BCUT2D eigenvalue weighted by atomic mass is 16.5. The molecule has 1 heterocycles. The Bertz CT molecular complexity index is 355. The van der Waals surface area contributed by atoms with Crippen LogP contribution < -0.4 is 0 Å². The van der Waals surface area contributed by atoms with Gasteiger partial charge in [0.05, 0.1) is 19.1 Å². The van der Waals surface area contributed by atoms with Crippen LogP contribution in [0.3, 0.4) is 0 Å². The molecule has 96 valence electrons. The molecule has 2 N–H and O–H groups in total. The number of esters is 1. The van der Waals surface area contributed by atoms with Crippen LogP contribution in [-0.4, -0.2) is 51.8 Å². The van der Waals surface area contributed by atoms with Gasteiger partial charge in [-0.2, -0.15) is 0 Å². The lowest BCUT2D eigenvalue weighted by Crippen LogP contribution is -2.51. The standard InChI is InChI=1S/C10H15NO6/c1-10(5-7(12)17-2)4-3-6(8(13)14)11(10)9(15)16/h6H,3-5H2,1-2H3,(H,13,14)(H,15,16)/t6-,10?/m0/s1. The van der Waals surface area contributed by atoms with E-state index in [2.05, 4.69) is 4.74 Å². The van der Waals surface area contributed by atoms with E-state index in [9.17, 15) is 14.4 Å². The van der Waals surface area contributed by atoms with Crippen molar-refractivity contribution in [3.63, 3.8) is 0 Å². The molecule has 2 atom stereocenters. The van der Waals surface area contributed by atoms with Crippen molar-refractivity contribution < 1.29 is 29.3 Å². The fraction of sp³-hybridized carbons (Fsp3) is 0.700. The second-order valence-corrected chi connectivity index (χ2v) is 4.30. The highest BCUT2D eigenvalue weighted by Gasteiger charge is 2.50. The molecule has 0 radical (unpaired) electrons. The van der Waals surface area contributed by atoms with Crippen LogP contribution in [0.25, 0.3) is 0 Å². The summed E-state index contributed by atoms with van der Waals surface area (Å²) in [7, 11) is 1.21. The molecule has 7 nitrogen and oxygen atoms in total. The van der Waals surface area contributed by atoms with Crippen molar-refractivity contribution in [3.8, 4) is 0 Å². The summed E-state index contributed by atoms with van der Waals surface area (Å²) in [6.07, 6.45) is -0.943. The van der Waals surface area contributed by atoms with Crippen LogP contribution in [0.2, 0.25) is 0 Å². The Morgan fingerprint density at radius 3 is 2.41 bits per heavy atom. The summed E-state index contributed by atoms with van der Waals surface area (Å²) >= 11 is 0. The predicted molar refractivity (Wildman–Crippen MR) is 55.6 cm³/mol. The fourth-order valence-corrected chi connectivity index (χ4v) is 2.23. The molecule has 1 rings (SSSR count). The predicted octanol–water partition coefficient (Wildman–Crippen LogP) is 0.535. The van der Waals surface area contributed by atoms with Gasteiger partial charge < -0.3 is 14.9 Å². The van der Waals surface area contributed by atoms with Gasteiger partial charge in [0.25, 0.3) is 0 Å². The van der Waals surface area contributed by atoms with Crippen LogP contribution >= 0.6 is 0 Å². The SMILES string of the molecule is COC(=O)CC1(C)CC[C@@H](C(=O)O)N1C(=O)O. The second kappa shape index (κ2) is 4.60. The molecule has 0 saturated carbocycles. The van der Waals surface area contributed by atoms with Gasteiger partial charge in [0.1, 0.15) is 6.04 Å². The average molecular weight is 245 g/mol. The first kappa shape index (κ1) is 13.3. The summed E-state index contributed by atoms with van der Waals surface area (Å²) in [5, 5.41) is 18.0. The number of nitrogens with zero attached hydrogens (tertiary/aromatic N) is 1. The first-order valence-corrected chi connectivity index (χ1v) is 5.13. The molecule has 17 heavy (non-hydrogen) atoms. The van der Waals surface area contributed by atoms with Gasteiger partial charge in [-0.15, -0.1) is 0 Å². The van der Waals surface area contributed by atoms with Gasteiger partial charge in [0.15, 0.2) is 0 Å². The number of likely N-dealkylation sites (tertiary alicyclic amines) is 1. The average Bonchev–Trinajstić information content (AvgIpc) is 2.55. The molecule has 1 fully saturated rings. The maximum absolute atomic E-state index is 11.2. The van der Waals surface area contributed by atoms with E-state index >= 15 is 0 Å². The molecule has 0 spiro atoms. The third-order valence-electron chi connectivity index (χ3n) is 3.09. The Hall–Kier alpha value is -1.79. The van der Waals surface area contributed by atoms with Crippen molar-refractivity contribution in [2.75, 3.05) is 7.11 Å². The third-order valence-corrected chi connectivity index (χ3v) is 3.09. The van der Waals surface area contributed by atoms with Crippen LogP contribution in [-0.2, 0) is 14.3 Å². The lowest BCUT2D eigenvalue weighted by atomic mass is 9.95. The van der Waals surface area contributed by atoms with E-state index in [0.717, 1.165) is 4.90 Å². The molecule has 1 amide bonds. The smallest absolute Gasteiger partial charge is 0.408 e. The highest BCUT2D eigenvalue weighted by Crippen LogP contribution is 2.36. The van der Waals surface area contributed by atoms with Crippen molar-refractivity contribution in [2.24, 2.45) is 0 Å². The Morgan fingerprint density at radius 1 is 1.41 bits per heavy atom. The second-order valence-electron chi connectivity index (χ2n) is 4.30. The van der Waals surface area contributed by atoms with Crippen LogP contribution in [0.15, 0.2) is 0 Å². The lowest BCUT2D eigenvalue weighted by Gasteiger charge is -2.34. The summed E-state index contributed by atoms with van der Waals surface area (Å²) < 4.78 is 4.50. The quantitative estimate of drug-likeness (QED) is 0.703. The lowest BCUT2D eigenvalue weighted by molar-refractivity contribution is -0.147. The number of ether oxygens (including phenoxy) is 1.